The van der Waals surface area contributed by atoms with Gasteiger partial charge in [-0.25, -0.2) is 4.79 Å². The van der Waals surface area contributed by atoms with Crippen LogP contribution in [-0.2, 0) is 0 Å². The van der Waals surface area contributed by atoms with Crippen molar-refractivity contribution in [3.63, 3.8) is 0 Å². The van der Waals surface area contributed by atoms with Crippen LogP contribution in [0.15, 0.2) is 63.8 Å². The Labute approximate surface area is 103 Å². The van der Waals surface area contributed by atoms with Crippen molar-refractivity contribution in [2.24, 2.45) is 0 Å². The average Bonchev–Trinajstić information content (AvgIpc) is 2.40. The van der Waals surface area contributed by atoms with Crippen molar-refractivity contribution in [3.8, 4) is 16.9 Å². The summed E-state index contributed by atoms with van der Waals surface area (Å²) < 4.78 is 5.17. The first-order valence-corrected chi connectivity index (χ1v) is 5.57. The molecule has 3 heteroatoms. The molecule has 0 unspecified atom stereocenters. The predicted octanol–water partition coefficient (Wildman–Crippen LogP) is 3.17. The van der Waals surface area contributed by atoms with Crippen LogP contribution in [0.2, 0.25) is 0 Å². The Bertz CT molecular complexity index is 758. The molecule has 0 atom stereocenters. The lowest BCUT2D eigenvalue weighted by Crippen LogP contribution is -2.02. The van der Waals surface area contributed by atoms with Crippen molar-refractivity contribution in [2.45, 2.75) is 0 Å². The van der Waals surface area contributed by atoms with Crippen LogP contribution >= 0.6 is 0 Å². The van der Waals surface area contributed by atoms with Gasteiger partial charge in [-0.1, -0.05) is 42.5 Å². The Morgan fingerprint density at radius 2 is 1.72 bits per heavy atom. The zero-order valence-electron chi connectivity index (χ0n) is 9.46. The summed E-state index contributed by atoms with van der Waals surface area (Å²) in [5, 5.41) is 10.3. The lowest BCUT2D eigenvalue weighted by atomic mass is 10.1. The van der Waals surface area contributed by atoms with Crippen molar-refractivity contribution >= 4 is 11.0 Å². The minimum absolute atomic E-state index is 0.0239. The number of hydrogen-bond donors (Lipinski definition) is 1. The second-order valence-electron chi connectivity index (χ2n) is 4.01. The fourth-order valence-electron chi connectivity index (χ4n) is 1.95. The largest absolute Gasteiger partial charge is 0.504 e. The van der Waals surface area contributed by atoms with Crippen LogP contribution in [-0.4, -0.2) is 5.11 Å². The van der Waals surface area contributed by atoms with E-state index in [4.69, 9.17) is 4.42 Å². The summed E-state index contributed by atoms with van der Waals surface area (Å²) in [5.41, 5.74) is 1.07. The fourth-order valence-corrected chi connectivity index (χ4v) is 1.95. The van der Waals surface area contributed by atoms with Crippen LogP contribution in [0.25, 0.3) is 22.1 Å². The van der Waals surface area contributed by atoms with Gasteiger partial charge in [-0.05, 0) is 17.7 Å². The summed E-state index contributed by atoms with van der Waals surface area (Å²) >= 11 is 0. The van der Waals surface area contributed by atoms with Gasteiger partial charge in [-0.3, -0.25) is 0 Å². The van der Waals surface area contributed by atoms with Gasteiger partial charge in [-0.2, -0.15) is 0 Å². The quantitative estimate of drug-likeness (QED) is 0.662. The summed E-state index contributed by atoms with van der Waals surface area (Å²) in [6.45, 7) is 0. The second kappa shape index (κ2) is 4.04. The van der Waals surface area contributed by atoms with E-state index in [0.717, 1.165) is 5.56 Å². The van der Waals surface area contributed by atoms with Crippen molar-refractivity contribution in [2.75, 3.05) is 0 Å². The van der Waals surface area contributed by atoms with Crippen molar-refractivity contribution < 1.29 is 9.52 Å². The Kier molecular flexibility index (Phi) is 2.38. The summed E-state index contributed by atoms with van der Waals surface area (Å²) in [5.74, 6) is -0.0239. The molecule has 1 N–H and O–H groups in total. The van der Waals surface area contributed by atoms with Gasteiger partial charge in [0.05, 0.1) is 5.56 Å². The van der Waals surface area contributed by atoms with E-state index in [0.29, 0.717) is 10.9 Å². The van der Waals surface area contributed by atoms with Gasteiger partial charge in [0.15, 0.2) is 11.3 Å². The maximum atomic E-state index is 11.9. The van der Waals surface area contributed by atoms with Crippen LogP contribution in [0.1, 0.15) is 0 Å². The highest BCUT2D eigenvalue weighted by Gasteiger charge is 2.09. The maximum absolute atomic E-state index is 11.9. The molecular weight excluding hydrogens is 228 g/mol. The maximum Gasteiger partial charge on any atom is 0.344 e. The molecule has 0 spiro atoms. The van der Waals surface area contributed by atoms with Gasteiger partial charge in [0.2, 0.25) is 0 Å². The molecule has 3 rings (SSSR count). The normalized spacial score (nSPS) is 10.7. The number of rotatable bonds is 1. The number of phenols is 1. The Morgan fingerprint density at radius 3 is 2.50 bits per heavy atom. The molecule has 0 aliphatic carbocycles. The topological polar surface area (TPSA) is 50.4 Å². The number of fused-ring (bicyclic) bond motifs is 1. The van der Waals surface area contributed by atoms with Gasteiger partial charge in [0.1, 0.15) is 0 Å². The number of benzene rings is 2. The third-order valence-electron chi connectivity index (χ3n) is 2.82. The van der Waals surface area contributed by atoms with Crippen molar-refractivity contribution in [1.29, 1.82) is 0 Å². The van der Waals surface area contributed by atoms with Crippen LogP contribution in [0.5, 0.6) is 5.75 Å². The van der Waals surface area contributed by atoms with E-state index < -0.39 is 5.63 Å². The van der Waals surface area contributed by atoms with Gasteiger partial charge in [0, 0.05) is 5.39 Å². The summed E-state index contributed by atoms with van der Waals surface area (Å²) in [6, 6.07) is 16.0. The molecule has 0 fully saturated rings. The lowest BCUT2D eigenvalue weighted by molar-refractivity contribution is 0.457. The number of phenolic OH excluding ortho intramolecular Hbond substituents is 1. The van der Waals surface area contributed by atoms with E-state index in [1.54, 1.807) is 18.2 Å². The third kappa shape index (κ3) is 1.66. The number of para-hydroxylation sites is 1. The highest BCUT2D eigenvalue weighted by atomic mass is 16.4. The molecule has 3 nitrogen and oxygen atoms in total. The van der Waals surface area contributed by atoms with Crippen molar-refractivity contribution in [3.05, 3.63) is 65.0 Å². The second-order valence-corrected chi connectivity index (χ2v) is 4.01. The molecule has 0 saturated carbocycles. The van der Waals surface area contributed by atoms with E-state index in [1.165, 1.54) is 6.07 Å². The molecule has 0 bridgehead atoms. The fraction of sp³-hybridized carbons (Fsp3) is 0. The van der Waals surface area contributed by atoms with Crippen molar-refractivity contribution in [1.82, 2.24) is 0 Å². The summed E-state index contributed by atoms with van der Waals surface area (Å²) in [6.07, 6.45) is 0. The zero-order valence-corrected chi connectivity index (χ0v) is 9.46. The molecule has 0 saturated heterocycles. The molecule has 0 aliphatic rings. The molecule has 2 aromatic carbocycles. The first-order chi connectivity index (χ1) is 8.75. The summed E-state index contributed by atoms with van der Waals surface area (Å²) in [4.78, 5) is 11.9. The monoisotopic (exact) mass is 238 g/mol. The lowest BCUT2D eigenvalue weighted by Gasteiger charge is -2.03. The molecule has 1 heterocycles. The molecule has 1 aromatic heterocycles. The third-order valence-corrected chi connectivity index (χ3v) is 2.82. The number of aromatic hydroxyl groups is 1. The van der Waals surface area contributed by atoms with Gasteiger partial charge >= 0.3 is 5.63 Å². The van der Waals surface area contributed by atoms with Crippen LogP contribution < -0.4 is 5.63 Å². The van der Waals surface area contributed by atoms with Crippen LogP contribution in [0.4, 0.5) is 0 Å². The minimum atomic E-state index is -0.449. The van der Waals surface area contributed by atoms with E-state index in [1.807, 2.05) is 30.3 Å². The Balaban J connectivity index is 2.33. The van der Waals surface area contributed by atoms with Crippen LogP contribution in [0, 0.1) is 0 Å². The van der Waals surface area contributed by atoms with Crippen LogP contribution in [0.3, 0.4) is 0 Å². The first kappa shape index (κ1) is 10.6. The summed E-state index contributed by atoms with van der Waals surface area (Å²) in [7, 11) is 0. The van der Waals surface area contributed by atoms with E-state index in [2.05, 4.69) is 0 Å². The molecule has 88 valence electrons. The SMILES string of the molecule is O=c1oc2c(O)cccc2cc1-c1ccccc1. The van der Waals surface area contributed by atoms with E-state index in [-0.39, 0.29) is 11.3 Å². The molecule has 18 heavy (non-hydrogen) atoms. The Hall–Kier alpha value is -2.55. The predicted molar refractivity (Wildman–Crippen MR) is 69.6 cm³/mol. The minimum Gasteiger partial charge on any atom is -0.504 e. The highest BCUT2D eigenvalue weighted by Crippen LogP contribution is 2.26. The van der Waals surface area contributed by atoms with Gasteiger partial charge in [-0.15, -0.1) is 0 Å². The first-order valence-electron chi connectivity index (χ1n) is 5.57. The van der Waals surface area contributed by atoms with E-state index in [9.17, 15) is 9.90 Å². The molecule has 0 aliphatic heterocycles. The average molecular weight is 238 g/mol. The molecule has 0 radical (unpaired) electrons. The standard InChI is InChI=1S/C15H10O3/c16-13-8-4-7-11-9-12(15(17)18-14(11)13)10-5-2-1-3-6-10/h1-9,16H. The highest BCUT2D eigenvalue weighted by molar-refractivity contribution is 5.85. The van der Waals surface area contributed by atoms with Gasteiger partial charge < -0.3 is 9.52 Å². The van der Waals surface area contributed by atoms with Gasteiger partial charge in [0.25, 0.3) is 0 Å². The smallest absolute Gasteiger partial charge is 0.344 e. The molecule has 0 amide bonds. The number of hydrogen-bond acceptors (Lipinski definition) is 3. The Morgan fingerprint density at radius 1 is 0.944 bits per heavy atom. The molecular formula is C15H10O3. The molecule has 3 aromatic rings. The van der Waals surface area contributed by atoms with E-state index >= 15 is 0 Å². The zero-order chi connectivity index (χ0) is 12.5.